The molecular weight excluding hydrogens is 182 g/mol. The Morgan fingerprint density at radius 3 is 2.93 bits per heavy atom. The molecule has 0 radical (unpaired) electrons. The van der Waals surface area contributed by atoms with Crippen LogP contribution in [0.4, 0.5) is 5.95 Å². The van der Waals surface area contributed by atoms with E-state index in [1.54, 1.807) is 19.4 Å². The highest BCUT2D eigenvalue weighted by Gasteiger charge is 2.09. The number of anilines is 1. The van der Waals surface area contributed by atoms with Gasteiger partial charge in [0.1, 0.15) is 0 Å². The van der Waals surface area contributed by atoms with Crippen LogP contribution in [0.15, 0.2) is 23.3 Å². The summed E-state index contributed by atoms with van der Waals surface area (Å²) < 4.78 is 1.42. The smallest absolute Gasteiger partial charge is 0.218 e. The van der Waals surface area contributed by atoms with Crippen molar-refractivity contribution in [3.63, 3.8) is 0 Å². The number of nitrogens with one attached hydrogen (secondary N) is 1. The van der Waals surface area contributed by atoms with E-state index in [0.29, 0.717) is 11.4 Å². The van der Waals surface area contributed by atoms with E-state index in [9.17, 15) is 4.79 Å². The second kappa shape index (κ2) is 2.99. The van der Waals surface area contributed by atoms with Crippen LogP contribution in [0.1, 0.15) is 0 Å². The summed E-state index contributed by atoms with van der Waals surface area (Å²) in [5.74, 6) is 0.620. The summed E-state index contributed by atoms with van der Waals surface area (Å²) in [6, 6.07) is 1.42. The van der Waals surface area contributed by atoms with Gasteiger partial charge in [-0.05, 0) is 0 Å². The first-order valence-electron chi connectivity index (χ1n) is 4.02. The van der Waals surface area contributed by atoms with E-state index in [1.165, 1.54) is 10.7 Å². The van der Waals surface area contributed by atoms with Gasteiger partial charge >= 0.3 is 0 Å². The van der Waals surface area contributed by atoms with E-state index in [0.717, 1.165) is 0 Å². The van der Waals surface area contributed by atoms with Crippen LogP contribution in [0.5, 0.6) is 0 Å². The molecule has 0 bridgehead atoms. The third-order valence-corrected chi connectivity index (χ3v) is 1.86. The zero-order valence-electron chi connectivity index (χ0n) is 7.56. The maximum absolute atomic E-state index is 11.4. The molecule has 2 aromatic rings. The van der Waals surface area contributed by atoms with Crippen LogP contribution >= 0.6 is 0 Å². The number of aryl methyl sites for hydroxylation is 1. The predicted octanol–water partition coefficient (Wildman–Crippen LogP) is -0.247. The number of nitrogen functional groups attached to an aromatic ring is 1. The van der Waals surface area contributed by atoms with Crippen molar-refractivity contribution in [3.8, 4) is 11.4 Å². The number of nitrogens with zero attached hydrogens (tertiary/aromatic N) is 3. The molecule has 0 aromatic carbocycles. The fraction of sp³-hybridized carbons (Fsp3) is 0.125. The van der Waals surface area contributed by atoms with Crippen molar-refractivity contribution in [3.05, 3.63) is 28.7 Å². The van der Waals surface area contributed by atoms with E-state index in [4.69, 9.17) is 5.73 Å². The van der Waals surface area contributed by atoms with E-state index in [1.807, 2.05) is 0 Å². The fourth-order valence-electron chi connectivity index (χ4n) is 1.10. The first kappa shape index (κ1) is 8.49. The number of nitrogens with two attached hydrogens (primary N) is 1. The third kappa shape index (κ3) is 1.26. The Bertz CT molecular complexity index is 493. The molecule has 2 rings (SSSR count). The summed E-state index contributed by atoms with van der Waals surface area (Å²) in [5, 5.41) is 4.00. The monoisotopic (exact) mass is 191 g/mol. The molecule has 0 saturated heterocycles. The van der Waals surface area contributed by atoms with Crippen LogP contribution in [-0.2, 0) is 7.05 Å². The van der Waals surface area contributed by atoms with Crippen molar-refractivity contribution < 1.29 is 0 Å². The summed E-state index contributed by atoms with van der Waals surface area (Å²) >= 11 is 0. The molecule has 0 fully saturated rings. The van der Waals surface area contributed by atoms with Gasteiger partial charge in [-0.15, -0.1) is 5.10 Å². The van der Waals surface area contributed by atoms with Gasteiger partial charge in [0, 0.05) is 25.5 Å². The fourth-order valence-corrected chi connectivity index (χ4v) is 1.10. The van der Waals surface area contributed by atoms with Crippen molar-refractivity contribution in [1.82, 2.24) is 19.7 Å². The first-order chi connectivity index (χ1) is 6.68. The molecule has 0 unspecified atom stereocenters. The molecule has 6 heteroatoms. The highest BCUT2D eigenvalue weighted by Crippen LogP contribution is 2.09. The lowest BCUT2D eigenvalue weighted by atomic mass is 10.3. The largest absolute Gasteiger partial charge is 0.368 e. The average molecular weight is 191 g/mol. The molecule has 0 aliphatic rings. The number of hydrogen-bond acceptors (Lipinski definition) is 4. The lowest BCUT2D eigenvalue weighted by Crippen LogP contribution is -2.04. The Kier molecular flexibility index (Phi) is 1.81. The number of hydrogen-bond donors (Lipinski definition) is 2. The SMILES string of the molecule is Cn1nc(-c2c[nH]ccc2=O)nc1N. The normalized spacial score (nSPS) is 10.4. The van der Waals surface area contributed by atoms with Crippen LogP contribution in [0, 0.1) is 0 Å². The van der Waals surface area contributed by atoms with Gasteiger partial charge in [0.15, 0.2) is 11.3 Å². The molecule has 2 heterocycles. The lowest BCUT2D eigenvalue weighted by molar-refractivity contribution is 0.780. The van der Waals surface area contributed by atoms with Crippen LogP contribution in [0.25, 0.3) is 11.4 Å². The number of aromatic amines is 1. The van der Waals surface area contributed by atoms with Crippen LogP contribution in [0.2, 0.25) is 0 Å². The van der Waals surface area contributed by atoms with E-state index < -0.39 is 0 Å². The summed E-state index contributed by atoms with van der Waals surface area (Å²) in [6.07, 6.45) is 3.11. The van der Waals surface area contributed by atoms with Gasteiger partial charge in [-0.2, -0.15) is 4.98 Å². The Labute approximate surface area is 79.4 Å². The molecule has 0 spiro atoms. The van der Waals surface area contributed by atoms with E-state index in [2.05, 4.69) is 15.1 Å². The molecule has 0 aliphatic carbocycles. The Hall–Kier alpha value is -2.11. The van der Waals surface area contributed by atoms with Crippen LogP contribution < -0.4 is 11.2 Å². The minimum Gasteiger partial charge on any atom is -0.368 e. The maximum Gasteiger partial charge on any atom is 0.218 e. The molecule has 0 saturated carbocycles. The van der Waals surface area contributed by atoms with Gasteiger partial charge in [-0.25, -0.2) is 4.68 Å². The van der Waals surface area contributed by atoms with E-state index in [-0.39, 0.29) is 11.4 Å². The average Bonchev–Trinajstić information content (AvgIpc) is 2.48. The zero-order chi connectivity index (χ0) is 10.1. The quantitative estimate of drug-likeness (QED) is 0.650. The maximum atomic E-state index is 11.4. The predicted molar refractivity (Wildman–Crippen MR) is 51.5 cm³/mol. The standard InChI is InChI=1S/C8H9N5O/c1-13-8(9)11-7(12-13)5-4-10-3-2-6(5)14/h2-4H,1H3,(H,10,14)(H2,9,11,12). The Morgan fingerprint density at radius 1 is 1.57 bits per heavy atom. The number of rotatable bonds is 1. The highest BCUT2D eigenvalue weighted by atomic mass is 16.1. The zero-order valence-corrected chi connectivity index (χ0v) is 7.56. The molecule has 6 nitrogen and oxygen atoms in total. The van der Waals surface area contributed by atoms with Crippen LogP contribution in [-0.4, -0.2) is 19.7 Å². The minimum atomic E-state index is -0.130. The lowest BCUT2D eigenvalue weighted by Gasteiger charge is -1.91. The highest BCUT2D eigenvalue weighted by molar-refractivity contribution is 5.53. The molecule has 3 N–H and O–H groups in total. The molecule has 2 aromatic heterocycles. The topological polar surface area (TPSA) is 89.6 Å². The summed E-state index contributed by atoms with van der Waals surface area (Å²) in [4.78, 5) is 18.1. The van der Waals surface area contributed by atoms with Gasteiger partial charge in [0.2, 0.25) is 5.95 Å². The number of pyridine rings is 1. The molecular formula is C8H9N5O. The van der Waals surface area contributed by atoms with Crippen molar-refractivity contribution in [2.75, 3.05) is 5.73 Å². The minimum absolute atomic E-state index is 0.130. The molecule has 0 amide bonds. The molecule has 14 heavy (non-hydrogen) atoms. The van der Waals surface area contributed by atoms with Crippen LogP contribution in [0.3, 0.4) is 0 Å². The number of aromatic nitrogens is 4. The van der Waals surface area contributed by atoms with Gasteiger partial charge < -0.3 is 10.7 Å². The van der Waals surface area contributed by atoms with Crippen molar-refractivity contribution in [1.29, 1.82) is 0 Å². The van der Waals surface area contributed by atoms with Gasteiger partial charge in [-0.1, -0.05) is 0 Å². The Balaban J connectivity index is 2.61. The summed E-state index contributed by atoms with van der Waals surface area (Å²) in [7, 11) is 1.67. The molecule has 72 valence electrons. The van der Waals surface area contributed by atoms with Crippen molar-refractivity contribution in [2.45, 2.75) is 0 Å². The summed E-state index contributed by atoms with van der Waals surface area (Å²) in [5.41, 5.74) is 5.79. The molecule has 0 atom stereocenters. The van der Waals surface area contributed by atoms with Gasteiger partial charge in [0.25, 0.3) is 0 Å². The number of H-pyrrole nitrogens is 1. The summed E-state index contributed by atoms with van der Waals surface area (Å²) in [6.45, 7) is 0. The first-order valence-corrected chi connectivity index (χ1v) is 4.02. The molecule has 0 aliphatic heterocycles. The van der Waals surface area contributed by atoms with Gasteiger partial charge in [-0.3, -0.25) is 4.79 Å². The van der Waals surface area contributed by atoms with E-state index >= 15 is 0 Å². The third-order valence-electron chi connectivity index (χ3n) is 1.86. The second-order valence-corrected chi connectivity index (χ2v) is 2.84. The Morgan fingerprint density at radius 2 is 2.36 bits per heavy atom. The second-order valence-electron chi connectivity index (χ2n) is 2.84. The van der Waals surface area contributed by atoms with Gasteiger partial charge in [0.05, 0.1) is 5.56 Å². The van der Waals surface area contributed by atoms with Crippen molar-refractivity contribution in [2.24, 2.45) is 7.05 Å². The van der Waals surface area contributed by atoms with Crippen molar-refractivity contribution >= 4 is 5.95 Å².